The second-order valence-corrected chi connectivity index (χ2v) is 11.9. The van der Waals surface area contributed by atoms with Crippen LogP contribution in [0.2, 0.25) is 0 Å². The molecule has 2 aliphatic rings. The minimum Gasteiger partial charge on any atom is -0.504 e. The van der Waals surface area contributed by atoms with E-state index < -0.39 is 6.10 Å². The van der Waals surface area contributed by atoms with Crippen molar-refractivity contribution >= 4 is 17.5 Å². The topological polar surface area (TPSA) is 120 Å². The van der Waals surface area contributed by atoms with Gasteiger partial charge in [0.1, 0.15) is 12.2 Å². The van der Waals surface area contributed by atoms with E-state index in [0.717, 1.165) is 55.2 Å². The van der Waals surface area contributed by atoms with Crippen LogP contribution in [0.4, 0.5) is 0 Å². The highest BCUT2D eigenvalue weighted by Crippen LogP contribution is 2.37. The number of ether oxygens (including phenoxy) is 3. The van der Waals surface area contributed by atoms with E-state index in [9.17, 15) is 14.7 Å². The maximum atomic E-state index is 12.1. The zero-order chi connectivity index (χ0) is 30.8. The van der Waals surface area contributed by atoms with E-state index in [0.29, 0.717) is 49.2 Å². The van der Waals surface area contributed by atoms with E-state index >= 15 is 0 Å². The predicted octanol–water partition coefficient (Wildman–Crippen LogP) is 5.81. The molecule has 1 aliphatic carbocycles. The quantitative estimate of drug-likeness (QED) is 0.250. The molecule has 0 unspecified atom stereocenters. The second kappa shape index (κ2) is 15.5. The molecule has 0 radical (unpaired) electrons. The number of carbonyl (C=O) groups excluding carboxylic acids is 2. The van der Waals surface area contributed by atoms with Crippen LogP contribution in [0.5, 0.6) is 11.5 Å². The molecular formula is C35H46N2O6. The van der Waals surface area contributed by atoms with Gasteiger partial charge in [-0.1, -0.05) is 49.2 Å². The molecule has 2 aromatic carbocycles. The number of nitrogens with one attached hydrogen (secondary N) is 1. The Labute approximate surface area is 255 Å². The van der Waals surface area contributed by atoms with Crippen molar-refractivity contribution in [3.05, 3.63) is 77.1 Å². The van der Waals surface area contributed by atoms with E-state index in [1.165, 1.54) is 26.5 Å². The second-order valence-electron chi connectivity index (χ2n) is 11.9. The molecule has 1 fully saturated rings. The minimum absolute atomic E-state index is 0.0394. The first-order valence-electron chi connectivity index (χ1n) is 15.4. The Morgan fingerprint density at radius 3 is 2.33 bits per heavy atom. The fourth-order valence-corrected chi connectivity index (χ4v) is 6.48. The van der Waals surface area contributed by atoms with E-state index in [-0.39, 0.29) is 23.8 Å². The third-order valence-corrected chi connectivity index (χ3v) is 8.51. The molecule has 2 aromatic rings. The molecular weight excluding hydrogens is 544 g/mol. The van der Waals surface area contributed by atoms with Gasteiger partial charge in [0.05, 0.1) is 12.9 Å². The Hall–Kier alpha value is -3.94. The SMILES string of the molecule is COc1cc(CC[C@H](C[C@H](CC2CCC(Cc3ccccc3)CC2)OC(C)=O)OC(C)=O)c(C2=CCNC(N)=C2)cc1O. The summed E-state index contributed by atoms with van der Waals surface area (Å²) in [7, 11) is 1.51. The molecule has 0 amide bonds. The first-order valence-corrected chi connectivity index (χ1v) is 15.4. The van der Waals surface area contributed by atoms with Crippen molar-refractivity contribution < 1.29 is 28.9 Å². The lowest BCUT2D eigenvalue weighted by atomic mass is 9.77. The van der Waals surface area contributed by atoms with Crippen LogP contribution >= 0.6 is 0 Å². The van der Waals surface area contributed by atoms with Crippen molar-refractivity contribution in [1.29, 1.82) is 0 Å². The Morgan fingerprint density at radius 2 is 1.67 bits per heavy atom. The highest BCUT2D eigenvalue weighted by Gasteiger charge is 2.28. The van der Waals surface area contributed by atoms with Gasteiger partial charge in [-0.05, 0) is 90.8 Å². The van der Waals surface area contributed by atoms with Crippen LogP contribution in [0.25, 0.3) is 5.57 Å². The van der Waals surface area contributed by atoms with E-state index in [2.05, 4.69) is 35.6 Å². The number of hydrogen-bond acceptors (Lipinski definition) is 8. The van der Waals surface area contributed by atoms with Crippen molar-refractivity contribution in [3.8, 4) is 11.5 Å². The number of aromatic hydroxyl groups is 1. The Morgan fingerprint density at radius 1 is 1.00 bits per heavy atom. The number of dihydropyridines is 1. The molecule has 232 valence electrons. The molecule has 4 N–H and O–H groups in total. The smallest absolute Gasteiger partial charge is 0.302 e. The number of esters is 2. The lowest BCUT2D eigenvalue weighted by molar-refractivity contribution is -0.153. The normalized spacial score (nSPS) is 19.7. The summed E-state index contributed by atoms with van der Waals surface area (Å²) in [6, 6.07) is 14.2. The number of methoxy groups -OCH3 is 1. The van der Waals surface area contributed by atoms with Gasteiger partial charge in [-0.2, -0.15) is 0 Å². The minimum atomic E-state index is -0.438. The third kappa shape index (κ3) is 9.80. The number of allylic oxidation sites excluding steroid dienone is 2. The average Bonchev–Trinajstić information content (AvgIpc) is 2.97. The molecule has 1 aliphatic heterocycles. The molecule has 0 saturated heterocycles. The van der Waals surface area contributed by atoms with Gasteiger partial charge in [-0.25, -0.2) is 0 Å². The molecule has 0 bridgehead atoms. The number of hydrogen-bond donors (Lipinski definition) is 3. The summed E-state index contributed by atoms with van der Waals surface area (Å²) in [6.45, 7) is 3.42. The standard InChI is InChI=1S/C35H46N2O6/c1-23(38)42-30(14-13-28-19-34(41-3)33(40)22-32(28)29-15-16-37-35(36)20-29)21-31(43-24(2)39)18-27-11-9-26(10-12-27)17-25-7-5-4-6-8-25/h4-8,15,19-20,22,26-27,30-31,37,40H,9-14,16-18,21,36H2,1-3H3/t26?,27?,30-,31+/m1/s1. The lowest BCUT2D eigenvalue weighted by Gasteiger charge is -2.32. The van der Waals surface area contributed by atoms with Gasteiger partial charge in [0, 0.05) is 26.8 Å². The summed E-state index contributed by atoms with van der Waals surface area (Å²) in [5.41, 5.74) is 10.1. The van der Waals surface area contributed by atoms with Crippen molar-refractivity contribution in [2.24, 2.45) is 17.6 Å². The average molecular weight is 591 g/mol. The van der Waals surface area contributed by atoms with Gasteiger partial charge in [0.15, 0.2) is 11.5 Å². The van der Waals surface area contributed by atoms with Crippen LogP contribution in [0.3, 0.4) is 0 Å². The monoisotopic (exact) mass is 590 g/mol. The van der Waals surface area contributed by atoms with Crippen LogP contribution in [0, 0.1) is 11.8 Å². The number of benzene rings is 2. The molecule has 1 saturated carbocycles. The number of carbonyl (C=O) groups is 2. The van der Waals surface area contributed by atoms with Gasteiger partial charge < -0.3 is 30.4 Å². The zero-order valence-electron chi connectivity index (χ0n) is 25.6. The summed E-state index contributed by atoms with van der Waals surface area (Å²) >= 11 is 0. The van der Waals surface area contributed by atoms with Crippen LogP contribution in [0.15, 0.2) is 60.4 Å². The fourth-order valence-electron chi connectivity index (χ4n) is 6.48. The molecule has 0 spiro atoms. The highest BCUT2D eigenvalue weighted by atomic mass is 16.6. The number of nitrogens with two attached hydrogens (primary N) is 1. The van der Waals surface area contributed by atoms with E-state index in [1.54, 1.807) is 6.07 Å². The molecule has 4 rings (SSSR count). The molecule has 0 aromatic heterocycles. The van der Waals surface area contributed by atoms with E-state index in [1.807, 2.05) is 18.2 Å². The number of phenolic OH excluding ortho intramolecular Hbond substituents is 1. The first kappa shape index (κ1) is 32.0. The van der Waals surface area contributed by atoms with Gasteiger partial charge in [-0.15, -0.1) is 0 Å². The molecule has 8 nitrogen and oxygen atoms in total. The van der Waals surface area contributed by atoms with Crippen molar-refractivity contribution in [2.75, 3.05) is 13.7 Å². The van der Waals surface area contributed by atoms with Crippen LogP contribution in [-0.4, -0.2) is 42.9 Å². The lowest BCUT2D eigenvalue weighted by Crippen LogP contribution is -2.30. The summed E-state index contributed by atoms with van der Waals surface area (Å²) in [4.78, 5) is 24.2. The van der Waals surface area contributed by atoms with Gasteiger partial charge in [0.2, 0.25) is 0 Å². The van der Waals surface area contributed by atoms with Crippen LogP contribution in [0.1, 0.15) is 75.5 Å². The molecule has 8 heteroatoms. The Bertz CT molecular complexity index is 1300. The van der Waals surface area contributed by atoms with Gasteiger partial charge in [0.25, 0.3) is 0 Å². The van der Waals surface area contributed by atoms with Gasteiger partial charge in [-0.3, -0.25) is 9.59 Å². The van der Waals surface area contributed by atoms with Crippen molar-refractivity contribution in [2.45, 2.75) is 83.8 Å². The number of aryl methyl sites for hydroxylation is 1. The highest BCUT2D eigenvalue weighted by molar-refractivity contribution is 5.79. The zero-order valence-corrected chi connectivity index (χ0v) is 25.6. The third-order valence-electron chi connectivity index (χ3n) is 8.51. The first-order chi connectivity index (χ1) is 20.7. The Balaban J connectivity index is 1.43. The largest absolute Gasteiger partial charge is 0.504 e. The van der Waals surface area contributed by atoms with E-state index in [4.69, 9.17) is 19.9 Å². The maximum absolute atomic E-state index is 12.1. The summed E-state index contributed by atoms with van der Waals surface area (Å²) in [6.07, 6.45) is 11.0. The maximum Gasteiger partial charge on any atom is 0.302 e. The fraction of sp³-hybridized carbons (Fsp3) is 0.486. The molecule has 43 heavy (non-hydrogen) atoms. The summed E-state index contributed by atoms with van der Waals surface area (Å²) in [5.74, 6) is 1.41. The molecule has 1 heterocycles. The number of rotatable bonds is 13. The molecule has 2 atom stereocenters. The van der Waals surface area contributed by atoms with Crippen LogP contribution < -0.4 is 15.8 Å². The predicted molar refractivity (Wildman–Crippen MR) is 167 cm³/mol. The van der Waals surface area contributed by atoms with Crippen molar-refractivity contribution in [1.82, 2.24) is 5.32 Å². The van der Waals surface area contributed by atoms with Crippen molar-refractivity contribution in [3.63, 3.8) is 0 Å². The number of phenols is 1. The summed E-state index contributed by atoms with van der Waals surface area (Å²) in [5, 5.41) is 13.6. The van der Waals surface area contributed by atoms with Crippen LogP contribution in [-0.2, 0) is 31.9 Å². The van der Waals surface area contributed by atoms with Gasteiger partial charge >= 0.3 is 11.9 Å². The summed E-state index contributed by atoms with van der Waals surface area (Å²) < 4.78 is 17.0. The Kier molecular flexibility index (Phi) is 11.5.